The summed E-state index contributed by atoms with van der Waals surface area (Å²) in [4.78, 5) is 12.9. The van der Waals surface area contributed by atoms with E-state index >= 15 is 0 Å². The summed E-state index contributed by atoms with van der Waals surface area (Å²) in [6, 6.07) is 12.6. The maximum Gasteiger partial charge on any atom is 0.242 e. The number of carbonyl (C=O) groups excluding carboxylic acids is 1. The van der Waals surface area contributed by atoms with Crippen LogP contribution >= 0.6 is 11.8 Å². The van der Waals surface area contributed by atoms with Crippen molar-refractivity contribution in [3.05, 3.63) is 71.3 Å². The number of benzene rings is 2. The van der Waals surface area contributed by atoms with Crippen molar-refractivity contribution in [1.82, 2.24) is 9.74 Å². The first-order chi connectivity index (χ1) is 12.0. The molecule has 0 aromatic heterocycles. The Morgan fingerprint density at radius 2 is 1.92 bits per heavy atom. The van der Waals surface area contributed by atoms with Gasteiger partial charge in [0.1, 0.15) is 11.6 Å². The van der Waals surface area contributed by atoms with Crippen LogP contribution in [0.25, 0.3) is 0 Å². The van der Waals surface area contributed by atoms with Crippen molar-refractivity contribution in [1.29, 1.82) is 0 Å². The molecule has 25 heavy (non-hydrogen) atoms. The van der Waals surface area contributed by atoms with E-state index in [1.54, 1.807) is 0 Å². The van der Waals surface area contributed by atoms with Gasteiger partial charge in [-0.3, -0.25) is 4.79 Å². The van der Waals surface area contributed by atoms with E-state index in [-0.39, 0.29) is 17.9 Å². The molecule has 2 aromatic carbocycles. The van der Waals surface area contributed by atoms with Crippen molar-refractivity contribution in [2.24, 2.45) is 5.92 Å². The standard InChI is InChI=1S/C19H19ClF2N2O/c1-12(13-5-3-2-4-6-13)24(20)19(25)17-11-23-10-16(17)15-8-7-14(21)9-18(15)22/h2-9,12,16-17,23H,10-11H2,1H3/t12-,16+,17-/m1/s1. The van der Waals surface area contributed by atoms with Crippen LogP contribution < -0.4 is 5.32 Å². The molecular weight excluding hydrogens is 346 g/mol. The number of amides is 1. The molecule has 0 bridgehead atoms. The highest BCUT2D eigenvalue weighted by molar-refractivity contribution is 6.21. The zero-order chi connectivity index (χ0) is 18.0. The fourth-order valence-electron chi connectivity index (χ4n) is 3.28. The molecule has 3 nitrogen and oxygen atoms in total. The molecule has 1 aliphatic heterocycles. The van der Waals surface area contributed by atoms with Crippen molar-refractivity contribution in [2.45, 2.75) is 18.9 Å². The zero-order valence-corrected chi connectivity index (χ0v) is 14.5. The summed E-state index contributed by atoms with van der Waals surface area (Å²) in [6.07, 6.45) is 0. The molecule has 132 valence electrons. The highest BCUT2D eigenvalue weighted by Gasteiger charge is 2.38. The first kappa shape index (κ1) is 17.8. The largest absolute Gasteiger partial charge is 0.315 e. The van der Waals surface area contributed by atoms with E-state index in [0.29, 0.717) is 18.7 Å². The molecule has 1 amide bonds. The van der Waals surface area contributed by atoms with Gasteiger partial charge in [-0.1, -0.05) is 36.4 Å². The summed E-state index contributed by atoms with van der Waals surface area (Å²) >= 11 is 6.32. The molecular formula is C19H19ClF2N2O. The first-order valence-electron chi connectivity index (χ1n) is 8.18. The average Bonchev–Trinajstić information content (AvgIpc) is 3.10. The van der Waals surface area contributed by atoms with Gasteiger partial charge >= 0.3 is 0 Å². The molecule has 1 fully saturated rings. The lowest BCUT2D eigenvalue weighted by Gasteiger charge is -2.27. The van der Waals surface area contributed by atoms with Crippen molar-refractivity contribution in [3.8, 4) is 0 Å². The van der Waals surface area contributed by atoms with Gasteiger partial charge in [0.05, 0.1) is 12.0 Å². The summed E-state index contributed by atoms with van der Waals surface area (Å²) < 4.78 is 28.5. The van der Waals surface area contributed by atoms with Crippen molar-refractivity contribution in [3.63, 3.8) is 0 Å². The molecule has 0 saturated carbocycles. The lowest BCUT2D eigenvalue weighted by atomic mass is 9.87. The highest BCUT2D eigenvalue weighted by Crippen LogP contribution is 2.34. The fourth-order valence-corrected chi connectivity index (χ4v) is 3.52. The molecule has 0 aliphatic carbocycles. The van der Waals surface area contributed by atoms with Crippen LogP contribution in [0.1, 0.15) is 30.0 Å². The van der Waals surface area contributed by atoms with Crippen LogP contribution in [0.4, 0.5) is 8.78 Å². The van der Waals surface area contributed by atoms with Gasteiger partial charge in [-0.05, 0) is 24.1 Å². The Hall–Kier alpha value is -1.98. The molecule has 3 rings (SSSR count). The Labute approximate surface area is 150 Å². The average molecular weight is 365 g/mol. The van der Waals surface area contributed by atoms with Gasteiger partial charge in [0, 0.05) is 36.9 Å². The SMILES string of the molecule is C[C@H](c1ccccc1)N(Cl)C(=O)[C@@H]1CNC[C@H]1c1ccc(F)cc1F. The predicted octanol–water partition coefficient (Wildman–Crippen LogP) is 4.01. The quantitative estimate of drug-likeness (QED) is 0.831. The highest BCUT2D eigenvalue weighted by atomic mass is 35.5. The van der Waals surface area contributed by atoms with Crippen LogP contribution in [0.15, 0.2) is 48.5 Å². The lowest BCUT2D eigenvalue weighted by molar-refractivity contribution is -0.132. The maximum absolute atomic E-state index is 14.1. The number of nitrogens with one attached hydrogen (secondary N) is 1. The topological polar surface area (TPSA) is 32.3 Å². The van der Waals surface area contributed by atoms with Crippen LogP contribution in [0.2, 0.25) is 0 Å². The van der Waals surface area contributed by atoms with Crippen LogP contribution in [0.5, 0.6) is 0 Å². The van der Waals surface area contributed by atoms with Crippen molar-refractivity contribution in [2.75, 3.05) is 13.1 Å². The minimum Gasteiger partial charge on any atom is -0.315 e. The third kappa shape index (κ3) is 3.67. The Kier molecular flexibility index (Phi) is 5.35. The van der Waals surface area contributed by atoms with Crippen molar-refractivity contribution < 1.29 is 13.6 Å². The summed E-state index contributed by atoms with van der Waals surface area (Å²) in [7, 11) is 0. The Morgan fingerprint density at radius 1 is 1.20 bits per heavy atom. The third-order valence-corrected chi connectivity index (χ3v) is 5.19. The molecule has 0 unspecified atom stereocenters. The fraction of sp³-hybridized carbons (Fsp3) is 0.316. The van der Waals surface area contributed by atoms with E-state index < -0.39 is 17.6 Å². The second kappa shape index (κ2) is 7.50. The van der Waals surface area contributed by atoms with Gasteiger partial charge < -0.3 is 5.32 Å². The number of hydrogen-bond acceptors (Lipinski definition) is 2. The molecule has 1 N–H and O–H groups in total. The Balaban J connectivity index is 1.80. The molecule has 6 heteroatoms. The van der Waals surface area contributed by atoms with Gasteiger partial charge in [0.15, 0.2) is 0 Å². The number of halogens is 3. The molecule has 2 aromatic rings. The van der Waals surface area contributed by atoms with Gasteiger partial charge in [0.2, 0.25) is 5.91 Å². The minimum atomic E-state index is -0.635. The Morgan fingerprint density at radius 3 is 2.60 bits per heavy atom. The predicted molar refractivity (Wildman–Crippen MR) is 93.0 cm³/mol. The molecule has 1 saturated heterocycles. The lowest BCUT2D eigenvalue weighted by Crippen LogP contribution is -2.34. The number of carbonyl (C=O) groups is 1. The Bertz CT molecular complexity index is 756. The summed E-state index contributed by atoms with van der Waals surface area (Å²) in [5.74, 6) is -2.41. The molecule has 0 spiro atoms. The molecule has 1 aliphatic rings. The van der Waals surface area contributed by atoms with E-state index in [1.807, 2.05) is 37.3 Å². The van der Waals surface area contributed by atoms with Crippen LogP contribution in [0, 0.1) is 17.6 Å². The molecule has 0 radical (unpaired) electrons. The van der Waals surface area contributed by atoms with E-state index in [1.165, 1.54) is 16.6 Å². The smallest absolute Gasteiger partial charge is 0.242 e. The molecule has 1 heterocycles. The monoisotopic (exact) mass is 364 g/mol. The van der Waals surface area contributed by atoms with Crippen LogP contribution in [-0.4, -0.2) is 23.4 Å². The van der Waals surface area contributed by atoms with E-state index in [2.05, 4.69) is 5.32 Å². The van der Waals surface area contributed by atoms with Crippen LogP contribution in [-0.2, 0) is 4.79 Å². The number of rotatable bonds is 4. The zero-order valence-electron chi connectivity index (χ0n) is 13.8. The van der Waals surface area contributed by atoms with Gasteiger partial charge in [-0.2, -0.15) is 0 Å². The van der Waals surface area contributed by atoms with E-state index in [9.17, 15) is 13.6 Å². The molecule has 3 atom stereocenters. The van der Waals surface area contributed by atoms with E-state index in [4.69, 9.17) is 11.8 Å². The van der Waals surface area contributed by atoms with E-state index in [0.717, 1.165) is 11.6 Å². The van der Waals surface area contributed by atoms with Crippen molar-refractivity contribution >= 4 is 17.7 Å². The summed E-state index contributed by atoms with van der Waals surface area (Å²) in [5, 5.41) is 3.11. The van der Waals surface area contributed by atoms with Crippen LogP contribution in [0.3, 0.4) is 0 Å². The van der Waals surface area contributed by atoms with Gasteiger partial charge in [0.25, 0.3) is 0 Å². The first-order valence-corrected chi connectivity index (χ1v) is 8.52. The second-order valence-corrected chi connectivity index (χ2v) is 6.64. The third-order valence-electron chi connectivity index (χ3n) is 4.73. The summed E-state index contributed by atoms with van der Waals surface area (Å²) in [5.41, 5.74) is 1.25. The normalized spacial score (nSPS) is 21.1. The number of hydrogen-bond donors (Lipinski definition) is 1. The number of nitrogens with zero attached hydrogens (tertiary/aromatic N) is 1. The van der Waals surface area contributed by atoms with Gasteiger partial charge in [-0.15, -0.1) is 0 Å². The summed E-state index contributed by atoms with van der Waals surface area (Å²) in [6.45, 7) is 2.70. The second-order valence-electron chi connectivity index (χ2n) is 6.27. The minimum absolute atomic E-state index is 0.267. The van der Waals surface area contributed by atoms with Gasteiger partial charge in [-0.25, -0.2) is 13.2 Å². The maximum atomic E-state index is 14.1.